The van der Waals surface area contributed by atoms with Crippen LogP contribution in [0.15, 0.2) is 29.8 Å². The zero-order chi connectivity index (χ0) is 13.9. The molecule has 5 heteroatoms. The van der Waals surface area contributed by atoms with Crippen LogP contribution in [-0.4, -0.2) is 4.98 Å². The average molecular weight is 292 g/mol. The first-order valence-corrected chi connectivity index (χ1v) is 7.12. The van der Waals surface area contributed by atoms with Crippen LogP contribution in [0, 0.1) is 11.3 Å². The Balaban J connectivity index is 2.09. The minimum absolute atomic E-state index is 0.203. The lowest BCUT2D eigenvalue weighted by Crippen LogP contribution is -2.35. The van der Waals surface area contributed by atoms with Gasteiger partial charge in [0.1, 0.15) is 5.01 Å². The van der Waals surface area contributed by atoms with Gasteiger partial charge in [0.2, 0.25) is 0 Å². The van der Waals surface area contributed by atoms with E-state index in [4.69, 9.17) is 16.9 Å². The Hall–Kier alpha value is -1.41. The fourth-order valence-electron chi connectivity index (χ4n) is 1.68. The zero-order valence-electron chi connectivity index (χ0n) is 10.8. The van der Waals surface area contributed by atoms with Crippen LogP contribution in [0.3, 0.4) is 0 Å². The van der Waals surface area contributed by atoms with Crippen LogP contribution in [0.4, 0.5) is 0 Å². The first-order valence-electron chi connectivity index (χ1n) is 5.86. The molecule has 0 saturated carbocycles. The normalized spacial score (nSPS) is 11.3. The highest BCUT2D eigenvalue weighted by Crippen LogP contribution is 2.24. The summed E-state index contributed by atoms with van der Waals surface area (Å²) in [5, 5.41) is 15.9. The van der Waals surface area contributed by atoms with Crippen LogP contribution in [0.5, 0.6) is 0 Å². The zero-order valence-corrected chi connectivity index (χ0v) is 12.3. The molecule has 1 aromatic heterocycles. The minimum Gasteiger partial charge on any atom is -0.302 e. The van der Waals surface area contributed by atoms with Gasteiger partial charge in [-0.2, -0.15) is 5.26 Å². The maximum Gasteiger partial charge on any atom is 0.112 e. The Morgan fingerprint density at radius 1 is 1.47 bits per heavy atom. The van der Waals surface area contributed by atoms with E-state index in [0.717, 1.165) is 10.6 Å². The van der Waals surface area contributed by atoms with Gasteiger partial charge in [0, 0.05) is 23.1 Å². The van der Waals surface area contributed by atoms with Gasteiger partial charge in [-0.3, -0.25) is 0 Å². The monoisotopic (exact) mass is 291 g/mol. The molecule has 2 aromatic rings. The van der Waals surface area contributed by atoms with Crippen molar-refractivity contribution in [2.45, 2.75) is 25.9 Å². The van der Waals surface area contributed by atoms with Crippen molar-refractivity contribution >= 4 is 22.9 Å². The molecule has 2 rings (SSSR count). The Kier molecular flexibility index (Phi) is 4.20. The lowest BCUT2D eigenvalue weighted by atomic mass is 10.1. The molecule has 19 heavy (non-hydrogen) atoms. The third kappa shape index (κ3) is 3.32. The second-order valence-electron chi connectivity index (χ2n) is 4.73. The molecule has 0 fully saturated rings. The number of aromatic nitrogens is 1. The van der Waals surface area contributed by atoms with Gasteiger partial charge in [0.15, 0.2) is 0 Å². The van der Waals surface area contributed by atoms with Crippen molar-refractivity contribution in [2.24, 2.45) is 0 Å². The molecule has 98 valence electrons. The van der Waals surface area contributed by atoms with E-state index in [-0.39, 0.29) is 5.54 Å². The number of benzene rings is 1. The highest BCUT2D eigenvalue weighted by molar-refractivity contribution is 7.09. The molecule has 0 atom stereocenters. The van der Waals surface area contributed by atoms with Gasteiger partial charge in [-0.05, 0) is 31.5 Å². The summed E-state index contributed by atoms with van der Waals surface area (Å²) in [5.74, 6) is 0. The molecule has 0 aliphatic rings. The van der Waals surface area contributed by atoms with E-state index in [1.54, 1.807) is 29.7 Å². The SMILES string of the molecule is CC(C)(NCc1ccc(C#N)cc1Cl)c1nccs1. The first-order chi connectivity index (χ1) is 9.03. The van der Waals surface area contributed by atoms with Gasteiger partial charge in [-0.15, -0.1) is 11.3 Å². The fourth-order valence-corrected chi connectivity index (χ4v) is 2.67. The predicted molar refractivity (Wildman–Crippen MR) is 78.1 cm³/mol. The van der Waals surface area contributed by atoms with Crippen molar-refractivity contribution in [1.29, 1.82) is 5.26 Å². The smallest absolute Gasteiger partial charge is 0.112 e. The summed E-state index contributed by atoms with van der Waals surface area (Å²) in [6.45, 7) is 4.81. The topological polar surface area (TPSA) is 48.7 Å². The first kappa shape index (κ1) is 14.0. The van der Waals surface area contributed by atoms with Crippen LogP contribution in [0.1, 0.15) is 30.0 Å². The molecule has 3 nitrogen and oxygen atoms in total. The Morgan fingerprint density at radius 3 is 2.84 bits per heavy atom. The highest BCUT2D eigenvalue weighted by atomic mass is 35.5. The summed E-state index contributed by atoms with van der Waals surface area (Å²) < 4.78 is 0. The van der Waals surface area contributed by atoms with Gasteiger partial charge in [0.25, 0.3) is 0 Å². The standard InChI is InChI=1S/C14H14ClN3S/c1-14(2,13-17-5-6-19-13)18-9-11-4-3-10(8-16)7-12(11)15/h3-7,18H,9H2,1-2H3. The van der Waals surface area contributed by atoms with Crippen LogP contribution < -0.4 is 5.32 Å². The van der Waals surface area contributed by atoms with E-state index in [0.29, 0.717) is 17.1 Å². The van der Waals surface area contributed by atoms with Crippen LogP contribution in [0.2, 0.25) is 5.02 Å². The second-order valence-corrected chi connectivity index (χ2v) is 6.04. The number of rotatable bonds is 4. The maximum atomic E-state index is 8.81. The van der Waals surface area contributed by atoms with E-state index >= 15 is 0 Å². The van der Waals surface area contributed by atoms with Crippen molar-refractivity contribution in [3.05, 3.63) is 50.9 Å². The second kappa shape index (κ2) is 5.70. The van der Waals surface area contributed by atoms with Crippen LogP contribution in [-0.2, 0) is 12.1 Å². The van der Waals surface area contributed by atoms with Crippen molar-refractivity contribution in [3.63, 3.8) is 0 Å². The quantitative estimate of drug-likeness (QED) is 0.934. The summed E-state index contributed by atoms with van der Waals surface area (Å²) in [5.41, 5.74) is 1.35. The highest BCUT2D eigenvalue weighted by Gasteiger charge is 2.22. The van der Waals surface area contributed by atoms with Gasteiger partial charge in [-0.25, -0.2) is 4.98 Å². The molecule has 1 N–H and O–H groups in total. The molecular weight excluding hydrogens is 278 g/mol. The molecule has 0 saturated heterocycles. The summed E-state index contributed by atoms with van der Waals surface area (Å²) in [7, 11) is 0. The lowest BCUT2D eigenvalue weighted by molar-refractivity contribution is 0.399. The number of hydrogen-bond donors (Lipinski definition) is 1. The van der Waals surface area contributed by atoms with Gasteiger partial charge < -0.3 is 5.32 Å². The fraction of sp³-hybridized carbons (Fsp3) is 0.286. The number of nitrogens with zero attached hydrogens (tertiary/aromatic N) is 2. The van der Waals surface area contributed by atoms with Crippen molar-refractivity contribution < 1.29 is 0 Å². The number of hydrogen-bond acceptors (Lipinski definition) is 4. The summed E-state index contributed by atoms with van der Waals surface area (Å²) in [4.78, 5) is 4.33. The number of halogens is 1. The van der Waals surface area contributed by atoms with E-state index in [1.165, 1.54) is 0 Å². The summed E-state index contributed by atoms with van der Waals surface area (Å²) in [6.07, 6.45) is 1.80. The Morgan fingerprint density at radius 2 is 2.26 bits per heavy atom. The minimum atomic E-state index is -0.203. The predicted octanol–water partition coefficient (Wildman–Crippen LogP) is 3.69. The molecule has 0 spiro atoms. The molecule has 1 aromatic carbocycles. The third-order valence-corrected chi connectivity index (χ3v) is 4.32. The summed E-state index contributed by atoms with van der Waals surface area (Å²) in [6, 6.07) is 7.42. The van der Waals surface area contributed by atoms with Crippen molar-refractivity contribution in [2.75, 3.05) is 0 Å². The van der Waals surface area contributed by atoms with Gasteiger partial charge >= 0.3 is 0 Å². The number of nitriles is 1. The number of thiazole rings is 1. The summed E-state index contributed by atoms with van der Waals surface area (Å²) >= 11 is 7.78. The molecule has 0 aliphatic carbocycles. The largest absolute Gasteiger partial charge is 0.302 e. The Bertz CT molecular complexity index is 600. The Labute approximate surface area is 121 Å². The molecule has 1 heterocycles. The maximum absolute atomic E-state index is 8.81. The van der Waals surface area contributed by atoms with E-state index in [2.05, 4.69) is 30.2 Å². The van der Waals surface area contributed by atoms with Crippen molar-refractivity contribution in [3.8, 4) is 6.07 Å². The average Bonchev–Trinajstić information content (AvgIpc) is 2.92. The molecule has 0 radical (unpaired) electrons. The van der Waals surface area contributed by atoms with Crippen LogP contribution >= 0.6 is 22.9 Å². The van der Waals surface area contributed by atoms with Crippen LogP contribution in [0.25, 0.3) is 0 Å². The van der Waals surface area contributed by atoms with Crippen molar-refractivity contribution in [1.82, 2.24) is 10.3 Å². The van der Waals surface area contributed by atoms with E-state index in [9.17, 15) is 0 Å². The molecule has 0 amide bonds. The molecular formula is C14H14ClN3S. The molecule has 0 bridgehead atoms. The van der Waals surface area contributed by atoms with E-state index in [1.807, 2.05) is 11.4 Å². The number of nitrogens with one attached hydrogen (secondary N) is 1. The van der Waals surface area contributed by atoms with Gasteiger partial charge in [0.05, 0.1) is 17.2 Å². The third-order valence-electron chi connectivity index (χ3n) is 2.87. The van der Waals surface area contributed by atoms with E-state index < -0.39 is 0 Å². The lowest BCUT2D eigenvalue weighted by Gasteiger charge is -2.24. The van der Waals surface area contributed by atoms with Gasteiger partial charge in [-0.1, -0.05) is 17.7 Å². The molecule has 0 unspecified atom stereocenters. The molecule has 0 aliphatic heterocycles.